The van der Waals surface area contributed by atoms with Crippen LogP contribution in [0.1, 0.15) is 73.1 Å². The predicted octanol–water partition coefficient (Wildman–Crippen LogP) is 2.56. The molecule has 3 N–H and O–H groups in total. The largest absolute Gasteiger partial charge is 0.394 e. The molecule has 3 fully saturated rings. The summed E-state index contributed by atoms with van der Waals surface area (Å²) in [6.45, 7) is 11.4. The molecule has 2 bridgehead atoms. The molecule has 8 heteroatoms. The van der Waals surface area contributed by atoms with E-state index in [2.05, 4.69) is 38.3 Å². The van der Waals surface area contributed by atoms with Crippen molar-refractivity contribution < 1.29 is 19.5 Å². The molecule has 7 nitrogen and oxygen atoms in total. The summed E-state index contributed by atoms with van der Waals surface area (Å²) in [4.78, 5) is 42.6. The van der Waals surface area contributed by atoms with E-state index in [4.69, 9.17) is 0 Å². The molecular formula is C25H43N3O4S. The van der Waals surface area contributed by atoms with E-state index in [0.717, 1.165) is 32.1 Å². The van der Waals surface area contributed by atoms with Crippen molar-refractivity contribution >= 4 is 29.5 Å². The summed E-state index contributed by atoms with van der Waals surface area (Å²) in [6.07, 6.45) is 5.31. The highest BCUT2D eigenvalue weighted by molar-refractivity contribution is 8.02. The number of fused-ring (bicyclic) bond motifs is 1. The highest BCUT2D eigenvalue weighted by atomic mass is 32.2. The molecule has 3 saturated heterocycles. The van der Waals surface area contributed by atoms with Crippen LogP contribution in [-0.4, -0.2) is 69.5 Å². The third-order valence-electron chi connectivity index (χ3n) is 7.71. The minimum Gasteiger partial charge on any atom is -0.394 e. The van der Waals surface area contributed by atoms with Gasteiger partial charge in [-0.2, -0.15) is 0 Å². The van der Waals surface area contributed by atoms with Crippen molar-refractivity contribution in [1.29, 1.82) is 0 Å². The third-order valence-corrected chi connectivity index (χ3v) is 9.79. The zero-order valence-corrected chi connectivity index (χ0v) is 21.7. The van der Waals surface area contributed by atoms with Crippen LogP contribution < -0.4 is 10.6 Å². The van der Waals surface area contributed by atoms with E-state index in [0.29, 0.717) is 19.5 Å². The van der Waals surface area contributed by atoms with Crippen LogP contribution in [0.25, 0.3) is 0 Å². The molecule has 7 atom stereocenters. The smallest absolute Gasteiger partial charge is 0.244 e. The molecule has 3 aliphatic rings. The van der Waals surface area contributed by atoms with Crippen LogP contribution in [0, 0.1) is 23.7 Å². The molecule has 0 aromatic rings. The molecule has 0 saturated carbocycles. The topological polar surface area (TPSA) is 98.7 Å². The molecule has 0 radical (unpaired) electrons. The van der Waals surface area contributed by atoms with Gasteiger partial charge in [-0.3, -0.25) is 14.4 Å². The number of unbranched alkanes of at least 4 members (excludes halogenated alkanes) is 2. The summed E-state index contributed by atoms with van der Waals surface area (Å²) >= 11 is 1.70. The van der Waals surface area contributed by atoms with Gasteiger partial charge in [-0.25, -0.2) is 0 Å². The molecule has 3 amide bonds. The third kappa shape index (κ3) is 4.66. The molecule has 0 aromatic carbocycles. The van der Waals surface area contributed by atoms with Gasteiger partial charge in [0, 0.05) is 18.3 Å². The highest BCUT2D eigenvalue weighted by Crippen LogP contribution is 2.68. The summed E-state index contributed by atoms with van der Waals surface area (Å²) in [5, 5.41) is 16.4. The van der Waals surface area contributed by atoms with Gasteiger partial charge in [-0.05, 0) is 37.5 Å². The van der Waals surface area contributed by atoms with Crippen LogP contribution in [0.15, 0.2) is 0 Å². The normalized spacial score (nSPS) is 33.5. The second-order valence-corrected chi connectivity index (χ2v) is 12.1. The van der Waals surface area contributed by atoms with E-state index >= 15 is 0 Å². The molecular weight excluding hydrogens is 438 g/mol. The lowest BCUT2D eigenvalue weighted by molar-refractivity contribution is -0.143. The first-order valence-electron chi connectivity index (χ1n) is 12.9. The molecule has 188 valence electrons. The lowest BCUT2D eigenvalue weighted by Crippen LogP contribution is -2.58. The van der Waals surface area contributed by atoms with Gasteiger partial charge >= 0.3 is 0 Å². The van der Waals surface area contributed by atoms with Crippen LogP contribution in [0.4, 0.5) is 0 Å². The number of hydrogen-bond donors (Lipinski definition) is 3. The number of thioether (sulfide) groups is 1. The molecule has 3 unspecified atom stereocenters. The number of hydrogen-bond acceptors (Lipinski definition) is 5. The first kappa shape index (κ1) is 26.3. The van der Waals surface area contributed by atoms with Gasteiger partial charge in [0.15, 0.2) is 0 Å². The van der Waals surface area contributed by atoms with Gasteiger partial charge in [0.25, 0.3) is 0 Å². The Morgan fingerprint density at radius 1 is 1.15 bits per heavy atom. The van der Waals surface area contributed by atoms with Crippen LogP contribution in [-0.2, 0) is 14.4 Å². The van der Waals surface area contributed by atoms with Crippen molar-refractivity contribution in [3.63, 3.8) is 0 Å². The standard InChI is InChI=1S/C25H43N3O4S/c1-6-8-9-11-27-23(31)21-25-16(5)13-18(33-25)19(22(30)26-10-7-2)20(25)24(32)28(21)17(14-29)12-15(3)4/h15-21,29H,6-14H2,1-5H3,(H,26,30)(H,27,31)/t16?,17-,18-,19+,20+,21?,25?/m1/s1. The van der Waals surface area contributed by atoms with Crippen molar-refractivity contribution in [2.45, 2.75) is 95.2 Å². The fourth-order valence-electron chi connectivity index (χ4n) is 6.32. The lowest BCUT2D eigenvalue weighted by Gasteiger charge is -2.40. The fourth-order valence-corrected chi connectivity index (χ4v) is 8.73. The number of carbonyl (C=O) groups is 3. The van der Waals surface area contributed by atoms with Gasteiger partial charge in [-0.1, -0.05) is 47.5 Å². The van der Waals surface area contributed by atoms with Crippen molar-refractivity contribution in [3.8, 4) is 0 Å². The van der Waals surface area contributed by atoms with Crippen LogP contribution in [0.2, 0.25) is 0 Å². The van der Waals surface area contributed by atoms with Gasteiger partial charge in [0.2, 0.25) is 17.7 Å². The predicted molar refractivity (Wildman–Crippen MR) is 132 cm³/mol. The van der Waals surface area contributed by atoms with Crippen molar-refractivity contribution in [2.75, 3.05) is 19.7 Å². The average Bonchev–Trinajstić information content (AvgIpc) is 3.37. The Kier molecular flexibility index (Phi) is 8.76. The highest BCUT2D eigenvalue weighted by Gasteiger charge is 2.76. The van der Waals surface area contributed by atoms with Gasteiger partial charge in [-0.15, -0.1) is 11.8 Å². The van der Waals surface area contributed by atoms with Gasteiger partial charge in [0.05, 0.1) is 29.2 Å². The zero-order valence-electron chi connectivity index (χ0n) is 20.9. The SMILES string of the molecule is CCCCCNC(=O)C1N([C@@H](CO)CC(C)C)C(=O)[C@@H]2[C@@H](C(=O)NCCC)[C@H]3CC(C)C12S3. The Morgan fingerprint density at radius 2 is 1.85 bits per heavy atom. The molecule has 3 rings (SSSR count). The van der Waals surface area contributed by atoms with E-state index in [1.807, 2.05) is 6.92 Å². The number of rotatable bonds is 12. The molecule has 0 aromatic heterocycles. The Balaban J connectivity index is 1.99. The summed E-state index contributed by atoms with van der Waals surface area (Å²) in [6, 6.07) is -1.07. The van der Waals surface area contributed by atoms with Crippen molar-refractivity contribution in [2.24, 2.45) is 23.7 Å². The molecule has 3 heterocycles. The number of nitrogens with zero attached hydrogens (tertiary/aromatic N) is 1. The minimum absolute atomic E-state index is 0.0565. The van der Waals surface area contributed by atoms with Crippen LogP contribution >= 0.6 is 11.8 Å². The second-order valence-electron chi connectivity index (χ2n) is 10.6. The number of aliphatic hydroxyl groups excluding tert-OH is 1. The van der Waals surface area contributed by atoms with E-state index in [1.54, 1.807) is 16.7 Å². The Morgan fingerprint density at radius 3 is 2.45 bits per heavy atom. The van der Waals surface area contributed by atoms with Gasteiger partial charge < -0.3 is 20.6 Å². The number of likely N-dealkylation sites (tertiary alicyclic amines) is 1. The summed E-state index contributed by atoms with van der Waals surface area (Å²) in [5.41, 5.74) is 0. The Labute approximate surface area is 203 Å². The minimum atomic E-state index is -0.651. The summed E-state index contributed by atoms with van der Waals surface area (Å²) < 4.78 is -0.616. The number of nitrogens with one attached hydrogen (secondary N) is 2. The maximum absolute atomic E-state index is 14.0. The van der Waals surface area contributed by atoms with E-state index in [-0.39, 0.29) is 41.4 Å². The zero-order chi connectivity index (χ0) is 24.3. The second kappa shape index (κ2) is 11.0. The Hall–Kier alpha value is -1.28. The van der Waals surface area contributed by atoms with E-state index in [1.165, 1.54) is 0 Å². The van der Waals surface area contributed by atoms with Gasteiger partial charge in [0.1, 0.15) is 6.04 Å². The lowest BCUT2D eigenvalue weighted by atomic mass is 9.66. The van der Waals surface area contributed by atoms with Crippen LogP contribution in [0.5, 0.6) is 0 Å². The maximum atomic E-state index is 14.0. The van der Waals surface area contributed by atoms with Crippen molar-refractivity contribution in [1.82, 2.24) is 15.5 Å². The van der Waals surface area contributed by atoms with E-state index < -0.39 is 28.7 Å². The van der Waals surface area contributed by atoms with Crippen molar-refractivity contribution in [3.05, 3.63) is 0 Å². The Bertz CT molecular complexity index is 732. The summed E-state index contributed by atoms with van der Waals surface area (Å²) in [7, 11) is 0. The number of carbonyl (C=O) groups excluding carboxylic acids is 3. The fraction of sp³-hybridized carbons (Fsp3) is 0.880. The number of amides is 3. The molecule has 33 heavy (non-hydrogen) atoms. The molecule has 1 spiro atoms. The molecule has 0 aliphatic carbocycles. The summed E-state index contributed by atoms with van der Waals surface area (Å²) in [5.74, 6) is -0.822. The maximum Gasteiger partial charge on any atom is 0.244 e. The monoisotopic (exact) mass is 481 g/mol. The van der Waals surface area contributed by atoms with Crippen LogP contribution in [0.3, 0.4) is 0 Å². The molecule has 3 aliphatic heterocycles. The number of aliphatic hydroxyl groups is 1. The first-order chi connectivity index (χ1) is 15.7. The quantitative estimate of drug-likeness (QED) is 0.372. The average molecular weight is 482 g/mol. The first-order valence-corrected chi connectivity index (χ1v) is 13.8. The van der Waals surface area contributed by atoms with E-state index in [9.17, 15) is 19.5 Å².